The van der Waals surface area contributed by atoms with Gasteiger partial charge in [-0.3, -0.25) is 14.6 Å². The van der Waals surface area contributed by atoms with E-state index >= 15 is 0 Å². The molecule has 1 aromatic heterocycles. The molecule has 0 unspecified atom stereocenters. The zero-order chi connectivity index (χ0) is 24.0. The third kappa shape index (κ3) is 3.76. The lowest BCUT2D eigenvalue weighted by Gasteiger charge is -2.19. The number of amides is 2. The first kappa shape index (κ1) is 21.6. The number of hydrogen-bond donors (Lipinski definition) is 0. The van der Waals surface area contributed by atoms with E-state index in [1.807, 2.05) is 13.8 Å². The highest BCUT2D eigenvalue weighted by Gasteiger charge is 2.55. The summed E-state index contributed by atoms with van der Waals surface area (Å²) >= 11 is 0. The van der Waals surface area contributed by atoms with Crippen molar-refractivity contribution in [2.24, 2.45) is 10.3 Å². The van der Waals surface area contributed by atoms with Crippen LogP contribution in [-0.2, 0) is 16.1 Å². The van der Waals surface area contributed by atoms with E-state index in [4.69, 9.17) is 9.26 Å². The lowest BCUT2D eigenvalue weighted by molar-refractivity contribution is -0.123. The first-order valence-corrected chi connectivity index (χ1v) is 10.4. The van der Waals surface area contributed by atoms with Crippen molar-refractivity contribution in [2.75, 3.05) is 4.90 Å². The van der Waals surface area contributed by atoms with Crippen LogP contribution in [0, 0.1) is 11.6 Å². The second kappa shape index (κ2) is 8.28. The smallest absolute Gasteiger partial charge is 0.263 e. The number of fused-ring (bicyclic) bond motifs is 1. The molecule has 174 valence electrons. The first-order chi connectivity index (χ1) is 16.3. The highest BCUT2D eigenvalue weighted by atomic mass is 19.2. The van der Waals surface area contributed by atoms with Gasteiger partial charge in [0.1, 0.15) is 12.3 Å². The van der Waals surface area contributed by atoms with Gasteiger partial charge in [0.25, 0.3) is 11.8 Å². The molecule has 34 heavy (non-hydrogen) atoms. The number of aromatic nitrogens is 2. The van der Waals surface area contributed by atoms with Crippen molar-refractivity contribution in [3.8, 4) is 17.1 Å². The molecule has 0 saturated carbocycles. The molecule has 0 bridgehead atoms. The van der Waals surface area contributed by atoms with Gasteiger partial charge in [-0.1, -0.05) is 10.4 Å². The minimum absolute atomic E-state index is 0.0456. The third-order valence-corrected chi connectivity index (χ3v) is 5.27. The van der Waals surface area contributed by atoms with Gasteiger partial charge in [0.05, 0.1) is 11.8 Å². The topological polar surface area (TPSA) is 113 Å². The summed E-state index contributed by atoms with van der Waals surface area (Å²) in [7, 11) is 0. The Morgan fingerprint density at radius 1 is 1.06 bits per heavy atom. The maximum absolute atomic E-state index is 13.6. The minimum atomic E-state index is -1.17. The molecule has 0 spiro atoms. The van der Waals surface area contributed by atoms with E-state index < -0.39 is 35.5 Å². The van der Waals surface area contributed by atoms with Crippen molar-refractivity contribution >= 4 is 17.5 Å². The molecule has 2 aliphatic heterocycles. The molecule has 3 heterocycles. The lowest BCUT2D eigenvalue weighted by Crippen LogP contribution is -2.39. The van der Waals surface area contributed by atoms with Crippen LogP contribution in [0.3, 0.4) is 0 Å². The normalized spacial score (nSPS) is 19.4. The van der Waals surface area contributed by atoms with Gasteiger partial charge in [-0.15, -0.1) is 0 Å². The molecule has 2 aliphatic rings. The number of nitrogens with zero attached hydrogens (tertiary/aromatic N) is 6. The van der Waals surface area contributed by atoms with Crippen molar-refractivity contribution in [1.29, 1.82) is 0 Å². The molecule has 3 aromatic rings. The average molecular weight is 468 g/mol. The van der Waals surface area contributed by atoms with Gasteiger partial charge >= 0.3 is 0 Å². The monoisotopic (exact) mass is 468 g/mol. The van der Waals surface area contributed by atoms with Crippen molar-refractivity contribution in [1.82, 2.24) is 15.1 Å². The first-order valence-electron chi connectivity index (χ1n) is 10.4. The van der Waals surface area contributed by atoms with Gasteiger partial charge in [0, 0.05) is 11.6 Å². The quantitative estimate of drug-likeness (QED) is 0.510. The number of carbonyl (C=O) groups excluding carboxylic acids is 2. The molecule has 12 heteroatoms. The van der Waals surface area contributed by atoms with Crippen molar-refractivity contribution in [3.63, 3.8) is 0 Å². The molecule has 2 atom stereocenters. The molecule has 1 fully saturated rings. The third-order valence-electron chi connectivity index (χ3n) is 5.27. The van der Waals surface area contributed by atoms with Crippen LogP contribution < -0.4 is 9.64 Å². The molecule has 2 amide bonds. The molecule has 0 aliphatic carbocycles. The number of rotatable bonds is 6. The Bertz CT molecular complexity index is 1290. The van der Waals surface area contributed by atoms with E-state index in [2.05, 4.69) is 20.5 Å². The number of carbonyl (C=O) groups is 2. The van der Waals surface area contributed by atoms with Crippen LogP contribution in [0.2, 0.25) is 0 Å². The van der Waals surface area contributed by atoms with E-state index in [9.17, 15) is 18.4 Å². The van der Waals surface area contributed by atoms with Crippen LogP contribution in [0.1, 0.15) is 19.7 Å². The van der Waals surface area contributed by atoms with E-state index in [1.54, 1.807) is 24.3 Å². The average Bonchev–Trinajstić information content (AvgIpc) is 3.49. The fourth-order valence-corrected chi connectivity index (χ4v) is 3.76. The summed E-state index contributed by atoms with van der Waals surface area (Å²) in [5.41, 5.74) is 0.618. The Morgan fingerprint density at radius 3 is 2.53 bits per heavy atom. The summed E-state index contributed by atoms with van der Waals surface area (Å²) in [4.78, 5) is 30.8. The van der Waals surface area contributed by atoms with Gasteiger partial charge in [-0.05, 0) is 50.2 Å². The summed E-state index contributed by atoms with van der Waals surface area (Å²) in [5.74, 6) is -2.40. The Morgan fingerprint density at radius 2 is 1.82 bits per heavy atom. The predicted molar refractivity (Wildman–Crippen MR) is 112 cm³/mol. The van der Waals surface area contributed by atoms with E-state index in [-0.39, 0.29) is 24.2 Å². The lowest BCUT2D eigenvalue weighted by atomic mass is 10.1. The number of ether oxygens (including phenoxy) is 1. The number of benzene rings is 2. The van der Waals surface area contributed by atoms with Gasteiger partial charge < -0.3 is 9.26 Å². The molecular formula is C22H18F2N6O4. The van der Waals surface area contributed by atoms with Crippen LogP contribution in [0.5, 0.6) is 5.75 Å². The van der Waals surface area contributed by atoms with Crippen LogP contribution in [0.25, 0.3) is 11.4 Å². The van der Waals surface area contributed by atoms with Gasteiger partial charge in [0.15, 0.2) is 23.7 Å². The maximum Gasteiger partial charge on any atom is 0.263 e. The number of halogens is 2. The van der Waals surface area contributed by atoms with Crippen LogP contribution in [-0.4, -0.2) is 45.2 Å². The number of hydrogen-bond acceptors (Lipinski definition) is 9. The fourth-order valence-electron chi connectivity index (χ4n) is 3.76. The summed E-state index contributed by atoms with van der Waals surface area (Å²) in [6.45, 7) is 3.79. The zero-order valence-corrected chi connectivity index (χ0v) is 18.1. The molecule has 5 rings (SSSR count). The van der Waals surface area contributed by atoms with Crippen molar-refractivity contribution in [2.45, 2.75) is 38.6 Å². The number of anilines is 1. The van der Waals surface area contributed by atoms with Crippen LogP contribution in [0.4, 0.5) is 14.5 Å². The molecule has 2 aromatic carbocycles. The molecular weight excluding hydrogens is 450 g/mol. The standard InChI is InChI=1S/C22H18F2N6O4/c1-11(2)33-14-6-3-12(4-7-14)20-25-17(34-27-20)10-29-19-18(26-28-29)21(31)30(22(19)32)13-5-8-15(23)16(24)9-13/h3-9,11,18-19H,10H2,1-2H3/t18-,19-/m1/s1. The SMILES string of the molecule is CC(C)Oc1ccc(-c2noc(CN3N=N[C@H]4C(=O)N(c5ccc(F)c(F)c5)C(=O)[C@@H]43)n2)cc1. The predicted octanol–water partition coefficient (Wildman–Crippen LogP) is 3.30. The summed E-state index contributed by atoms with van der Waals surface area (Å²) in [6.07, 6.45) is 0.0456. The highest BCUT2D eigenvalue weighted by molar-refractivity contribution is 6.25. The summed E-state index contributed by atoms with van der Waals surface area (Å²) in [6, 6.07) is 7.79. The number of imide groups is 1. The van der Waals surface area contributed by atoms with Crippen LogP contribution >= 0.6 is 0 Å². The van der Waals surface area contributed by atoms with Crippen molar-refractivity contribution < 1.29 is 27.6 Å². The molecule has 10 nitrogen and oxygen atoms in total. The Labute approximate surface area is 191 Å². The molecule has 0 N–H and O–H groups in total. The van der Waals surface area contributed by atoms with Gasteiger partial charge in [0.2, 0.25) is 11.7 Å². The summed E-state index contributed by atoms with van der Waals surface area (Å²) < 4.78 is 37.8. The van der Waals surface area contributed by atoms with E-state index in [1.165, 1.54) is 5.01 Å². The zero-order valence-electron chi connectivity index (χ0n) is 18.1. The van der Waals surface area contributed by atoms with E-state index in [0.29, 0.717) is 17.1 Å². The van der Waals surface area contributed by atoms with Gasteiger partial charge in [-0.2, -0.15) is 10.1 Å². The molecule has 1 saturated heterocycles. The summed E-state index contributed by atoms with van der Waals surface area (Å²) in [5, 5.41) is 13.0. The Kier molecular flexibility index (Phi) is 5.27. The second-order valence-electron chi connectivity index (χ2n) is 8.01. The van der Waals surface area contributed by atoms with Crippen LogP contribution in [0.15, 0.2) is 57.3 Å². The Balaban J connectivity index is 1.31. The second-order valence-corrected chi connectivity index (χ2v) is 8.01. The van der Waals surface area contributed by atoms with Crippen molar-refractivity contribution in [3.05, 3.63) is 60.0 Å². The van der Waals surface area contributed by atoms with Gasteiger partial charge in [-0.25, -0.2) is 13.7 Å². The minimum Gasteiger partial charge on any atom is -0.491 e. The highest BCUT2D eigenvalue weighted by Crippen LogP contribution is 2.33. The largest absolute Gasteiger partial charge is 0.491 e. The fraction of sp³-hybridized carbons (Fsp3) is 0.273. The maximum atomic E-state index is 13.6. The Hall–Kier alpha value is -4.22. The van der Waals surface area contributed by atoms with E-state index in [0.717, 1.165) is 23.1 Å². The molecule has 0 radical (unpaired) electrons.